The summed E-state index contributed by atoms with van der Waals surface area (Å²) in [5.41, 5.74) is 6.38. The van der Waals surface area contributed by atoms with E-state index in [1.807, 2.05) is 6.92 Å². The molecule has 3 nitrogen and oxygen atoms in total. The number of rotatable bonds is 2. The highest BCUT2D eigenvalue weighted by atomic mass is 35.5. The SMILES string of the molecule is CC(N)Cc1nc(Cl)c2ccc(F)cn12. The maximum Gasteiger partial charge on any atom is 0.155 e. The minimum absolute atomic E-state index is 0.0325. The summed E-state index contributed by atoms with van der Waals surface area (Å²) in [5.74, 6) is 0.368. The van der Waals surface area contributed by atoms with E-state index in [0.29, 0.717) is 22.9 Å². The van der Waals surface area contributed by atoms with Crippen molar-refractivity contribution in [3.63, 3.8) is 0 Å². The van der Waals surface area contributed by atoms with Crippen molar-refractivity contribution in [1.82, 2.24) is 9.38 Å². The summed E-state index contributed by atoms with van der Waals surface area (Å²) in [6.07, 6.45) is 1.93. The second-order valence-corrected chi connectivity index (χ2v) is 3.96. The minimum Gasteiger partial charge on any atom is -0.328 e. The first kappa shape index (κ1) is 10.4. The number of hydrogen-bond acceptors (Lipinski definition) is 2. The normalized spacial score (nSPS) is 13.3. The molecule has 0 saturated carbocycles. The van der Waals surface area contributed by atoms with Gasteiger partial charge in [0.25, 0.3) is 0 Å². The topological polar surface area (TPSA) is 43.3 Å². The first-order chi connectivity index (χ1) is 7.08. The largest absolute Gasteiger partial charge is 0.328 e. The van der Waals surface area contributed by atoms with Gasteiger partial charge in [-0.05, 0) is 19.1 Å². The average Bonchev–Trinajstić information content (AvgIpc) is 2.42. The van der Waals surface area contributed by atoms with Gasteiger partial charge in [0.2, 0.25) is 0 Å². The fraction of sp³-hybridized carbons (Fsp3) is 0.300. The van der Waals surface area contributed by atoms with Crippen LogP contribution in [-0.2, 0) is 6.42 Å². The van der Waals surface area contributed by atoms with Crippen molar-refractivity contribution < 1.29 is 4.39 Å². The van der Waals surface area contributed by atoms with Gasteiger partial charge in [0.15, 0.2) is 5.15 Å². The summed E-state index contributed by atoms with van der Waals surface area (Å²) in [6, 6.07) is 2.93. The third-order valence-corrected chi connectivity index (χ3v) is 2.41. The molecule has 2 N–H and O–H groups in total. The quantitative estimate of drug-likeness (QED) is 0.853. The minimum atomic E-state index is -0.317. The molecule has 0 saturated heterocycles. The van der Waals surface area contributed by atoms with Gasteiger partial charge < -0.3 is 5.73 Å². The Morgan fingerprint density at radius 1 is 1.60 bits per heavy atom. The molecular formula is C10H11ClFN3. The second-order valence-electron chi connectivity index (χ2n) is 3.60. The van der Waals surface area contributed by atoms with Crippen LogP contribution in [0.1, 0.15) is 12.7 Å². The summed E-state index contributed by atoms with van der Waals surface area (Å²) in [6.45, 7) is 1.87. The second kappa shape index (κ2) is 3.79. The van der Waals surface area contributed by atoms with Crippen LogP contribution in [0.25, 0.3) is 5.52 Å². The van der Waals surface area contributed by atoms with Gasteiger partial charge in [0, 0.05) is 18.7 Å². The van der Waals surface area contributed by atoms with E-state index in [-0.39, 0.29) is 11.9 Å². The van der Waals surface area contributed by atoms with Crippen molar-refractivity contribution in [2.75, 3.05) is 0 Å². The fourth-order valence-electron chi connectivity index (χ4n) is 1.51. The Morgan fingerprint density at radius 3 is 3.00 bits per heavy atom. The summed E-state index contributed by atoms with van der Waals surface area (Å²) in [5, 5.41) is 0.380. The van der Waals surface area contributed by atoms with E-state index in [1.54, 1.807) is 10.5 Å². The highest BCUT2D eigenvalue weighted by molar-refractivity contribution is 6.32. The molecule has 0 amide bonds. The van der Waals surface area contributed by atoms with Gasteiger partial charge in [-0.25, -0.2) is 9.37 Å². The summed E-state index contributed by atoms with van der Waals surface area (Å²) >= 11 is 5.92. The van der Waals surface area contributed by atoms with E-state index in [0.717, 1.165) is 0 Å². The molecule has 0 fully saturated rings. The number of fused-ring (bicyclic) bond motifs is 1. The Kier molecular flexibility index (Phi) is 2.63. The lowest BCUT2D eigenvalue weighted by molar-refractivity contribution is 0.614. The Hall–Kier alpha value is -1.13. The lowest BCUT2D eigenvalue weighted by atomic mass is 10.2. The maximum absolute atomic E-state index is 13.0. The van der Waals surface area contributed by atoms with Crippen molar-refractivity contribution >= 4 is 17.1 Å². The summed E-state index contributed by atoms with van der Waals surface area (Å²) in [7, 11) is 0. The van der Waals surface area contributed by atoms with Gasteiger partial charge in [-0.2, -0.15) is 0 Å². The molecule has 2 heterocycles. The predicted octanol–water partition coefficient (Wildman–Crippen LogP) is 2.02. The molecule has 2 aromatic rings. The molecule has 15 heavy (non-hydrogen) atoms. The van der Waals surface area contributed by atoms with E-state index < -0.39 is 0 Å². The van der Waals surface area contributed by atoms with Gasteiger partial charge in [0.1, 0.15) is 11.6 Å². The first-order valence-electron chi connectivity index (χ1n) is 4.65. The number of imidazole rings is 1. The molecule has 80 valence electrons. The van der Waals surface area contributed by atoms with Crippen molar-refractivity contribution in [2.45, 2.75) is 19.4 Å². The van der Waals surface area contributed by atoms with E-state index in [4.69, 9.17) is 17.3 Å². The number of aromatic nitrogens is 2. The van der Waals surface area contributed by atoms with Crippen molar-refractivity contribution in [3.8, 4) is 0 Å². The molecule has 5 heteroatoms. The number of nitrogens with two attached hydrogens (primary N) is 1. The Balaban J connectivity index is 2.59. The van der Waals surface area contributed by atoms with Crippen LogP contribution < -0.4 is 5.73 Å². The number of pyridine rings is 1. The van der Waals surface area contributed by atoms with E-state index in [1.165, 1.54) is 12.3 Å². The average molecular weight is 228 g/mol. The molecular weight excluding hydrogens is 217 g/mol. The Morgan fingerprint density at radius 2 is 2.33 bits per heavy atom. The van der Waals surface area contributed by atoms with Crippen LogP contribution in [-0.4, -0.2) is 15.4 Å². The third kappa shape index (κ3) is 1.96. The standard InChI is InChI=1S/C10H11ClFN3/c1-6(13)4-9-14-10(11)8-3-2-7(12)5-15(8)9/h2-3,5-6H,4,13H2,1H3. The molecule has 0 aliphatic carbocycles. The van der Waals surface area contributed by atoms with E-state index >= 15 is 0 Å². The van der Waals surface area contributed by atoms with Crippen molar-refractivity contribution in [1.29, 1.82) is 0 Å². The van der Waals surface area contributed by atoms with Gasteiger partial charge in [-0.1, -0.05) is 11.6 Å². The molecule has 0 bridgehead atoms. The van der Waals surface area contributed by atoms with Crippen LogP contribution in [0.2, 0.25) is 5.15 Å². The monoisotopic (exact) mass is 227 g/mol. The molecule has 1 atom stereocenters. The molecule has 2 rings (SSSR count). The first-order valence-corrected chi connectivity index (χ1v) is 5.03. The molecule has 0 aliphatic rings. The van der Waals surface area contributed by atoms with Crippen LogP contribution >= 0.6 is 11.6 Å². The van der Waals surface area contributed by atoms with Gasteiger partial charge >= 0.3 is 0 Å². The zero-order valence-corrected chi connectivity index (χ0v) is 9.00. The van der Waals surface area contributed by atoms with Gasteiger partial charge in [0.05, 0.1) is 5.52 Å². The van der Waals surface area contributed by atoms with Crippen LogP contribution in [0.4, 0.5) is 4.39 Å². The molecule has 0 aromatic carbocycles. The third-order valence-electron chi connectivity index (χ3n) is 2.13. The number of nitrogens with zero attached hydrogens (tertiary/aromatic N) is 2. The van der Waals surface area contributed by atoms with Crippen LogP contribution in [0, 0.1) is 5.82 Å². The zero-order chi connectivity index (χ0) is 11.0. The molecule has 1 unspecified atom stereocenters. The van der Waals surface area contributed by atoms with Crippen LogP contribution in [0.3, 0.4) is 0 Å². The number of halogens is 2. The fourth-order valence-corrected chi connectivity index (χ4v) is 1.76. The van der Waals surface area contributed by atoms with Crippen molar-refractivity contribution in [3.05, 3.63) is 35.1 Å². The van der Waals surface area contributed by atoms with E-state index in [9.17, 15) is 4.39 Å². The summed E-state index contributed by atoms with van der Waals surface area (Å²) in [4.78, 5) is 4.15. The predicted molar refractivity (Wildman–Crippen MR) is 57.5 cm³/mol. The Labute approximate surface area is 91.7 Å². The highest BCUT2D eigenvalue weighted by Crippen LogP contribution is 2.19. The zero-order valence-electron chi connectivity index (χ0n) is 8.24. The molecule has 0 spiro atoms. The van der Waals surface area contributed by atoms with Gasteiger partial charge in [-0.15, -0.1) is 0 Å². The smallest absolute Gasteiger partial charge is 0.155 e. The highest BCUT2D eigenvalue weighted by Gasteiger charge is 2.11. The van der Waals surface area contributed by atoms with Crippen molar-refractivity contribution in [2.24, 2.45) is 5.73 Å². The van der Waals surface area contributed by atoms with Crippen LogP contribution in [0.5, 0.6) is 0 Å². The maximum atomic E-state index is 13.0. The van der Waals surface area contributed by atoms with Gasteiger partial charge in [-0.3, -0.25) is 4.40 Å². The summed E-state index contributed by atoms with van der Waals surface area (Å²) < 4.78 is 14.7. The molecule has 2 aromatic heterocycles. The number of hydrogen-bond donors (Lipinski definition) is 1. The molecule has 0 radical (unpaired) electrons. The van der Waals surface area contributed by atoms with E-state index in [2.05, 4.69) is 4.98 Å². The Bertz CT molecular complexity index is 493. The van der Waals surface area contributed by atoms with Crippen LogP contribution in [0.15, 0.2) is 18.3 Å². The lowest BCUT2D eigenvalue weighted by Crippen LogP contribution is -2.19. The lowest BCUT2D eigenvalue weighted by Gasteiger charge is -2.03. The molecule has 0 aliphatic heterocycles.